The minimum Gasteiger partial charge on any atom is -0.0988 e. The Balaban J connectivity index is -0.000000380. The Hall–Kier alpha value is 0.163. The molecule has 0 rings (SSSR count). The summed E-state index contributed by atoms with van der Waals surface area (Å²) in [6.45, 7) is 30.4. The van der Waals surface area contributed by atoms with E-state index in [9.17, 15) is 19.2 Å². The largest absolute Gasteiger partial charge is 0.0988 e. The van der Waals surface area contributed by atoms with Gasteiger partial charge in [0.15, 0.2) is 0 Å². The number of carbonyl (C=O) groups excluding carboxylic acids is 4. The van der Waals surface area contributed by atoms with Crippen LogP contribution in [0, 0.1) is 0 Å². The summed E-state index contributed by atoms with van der Waals surface area (Å²) in [5, 5.41) is 0. The van der Waals surface area contributed by atoms with Gasteiger partial charge < -0.3 is 0 Å². The van der Waals surface area contributed by atoms with Gasteiger partial charge in [0.25, 0.3) is 0 Å². The van der Waals surface area contributed by atoms with Crippen LogP contribution in [0.25, 0.3) is 0 Å². The number of hydrogen-bond acceptors (Lipinski definition) is 4. The summed E-state index contributed by atoms with van der Waals surface area (Å²) >= 11 is -1.38. The summed E-state index contributed by atoms with van der Waals surface area (Å²) in [5.74, 6) is -1.31. The molecule has 0 aliphatic heterocycles. The molecule has 0 fully saturated rings. The first-order valence-corrected chi connectivity index (χ1v) is 16.0. The molecule has 0 heterocycles. The second-order valence-corrected chi connectivity index (χ2v) is 19.2. The molecule has 0 aliphatic rings. The van der Waals surface area contributed by atoms with Crippen molar-refractivity contribution in [2.24, 2.45) is 0 Å². The third kappa shape index (κ3) is 18.3. The molecule has 0 radical (unpaired) electrons. The fourth-order valence-electron chi connectivity index (χ4n) is 3.78. The Labute approximate surface area is 203 Å². The second-order valence-electron chi connectivity index (χ2n) is 9.18. The number of Topliss-reactive ketones (excluding diaryl/α,β-unsaturated/α-hetero) is 2. The first-order chi connectivity index (χ1) is 13.9. The summed E-state index contributed by atoms with van der Waals surface area (Å²) < 4.78 is -1.45. The monoisotopic (exact) mass is 564 g/mol. The zero-order valence-electron chi connectivity index (χ0n) is 22.3. The maximum absolute atomic E-state index is 10.6. The fraction of sp³-hybridized carbons (Fsp3) is 0.833. The van der Waals surface area contributed by atoms with Crippen LogP contribution in [0.15, 0.2) is 0 Å². The second kappa shape index (κ2) is 18.6. The molecule has 0 amide bonds. The Morgan fingerprint density at radius 2 is 0.613 bits per heavy atom. The summed E-state index contributed by atoms with van der Waals surface area (Å²) in [7, 11) is 0.525. The Morgan fingerprint density at radius 3 is 0.677 bits per heavy atom. The molecule has 0 bridgehead atoms. The SMILES string of the molecule is CC(=O)[C](=O)[Ru][C](=O)C(C)=O.CC(C)P(C(C)C)C(C)C.CC(C)P(C(C)C)C(C)C. The van der Waals surface area contributed by atoms with Crippen LogP contribution in [0.3, 0.4) is 0 Å². The summed E-state index contributed by atoms with van der Waals surface area (Å²) in [5.41, 5.74) is 5.39. The Bertz CT molecular complexity index is 470. The topological polar surface area (TPSA) is 68.3 Å². The van der Waals surface area contributed by atoms with Crippen LogP contribution in [0.5, 0.6) is 0 Å². The fourth-order valence-corrected chi connectivity index (χ4v) is 11.9. The van der Waals surface area contributed by atoms with E-state index in [0.717, 1.165) is 47.8 Å². The van der Waals surface area contributed by atoms with Gasteiger partial charge in [-0.2, -0.15) is 0 Å². The van der Waals surface area contributed by atoms with E-state index in [1.807, 2.05) is 0 Å². The van der Waals surface area contributed by atoms with Crippen LogP contribution in [-0.2, 0) is 36.3 Å². The molecule has 0 N–H and O–H groups in total. The molecule has 0 saturated heterocycles. The normalized spacial score (nSPS) is 11.4. The van der Waals surface area contributed by atoms with Gasteiger partial charge in [0.1, 0.15) is 0 Å². The van der Waals surface area contributed by atoms with Gasteiger partial charge in [-0.15, -0.1) is 0 Å². The molecule has 0 atom stereocenters. The Kier molecular flexibility index (Phi) is 21.4. The molecule has 0 aromatic carbocycles. The van der Waals surface area contributed by atoms with Crippen molar-refractivity contribution >= 4 is 36.2 Å². The van der Waals surface area contributed by atoms with Gasteiger partial charge in [-0.25, -0.2) is 0 Å². The van der Waals surface area contributed by atoms with Crippen molar-refractivity contribution in [1.29, 1.82) is 0 Å². The molecular formula is C24H48O4P2Ru. The summed E-state index contributed by atoms with van der Waals surface area (Å²) in [6.07, 6.45) is 0. The van der Waals surface area contributed by atoms with E-state index in [1.165, 1.54) is 0 Å². The maximum atomic E-state index is 10.6. The van der Waals surface area contributed by atoms with Crippen molar-refractivity contribution in [3.05, 3.63) is 0 Å². The molecule has 0 spiro atoms. The van der Waals surface area contributed by atoms with Gasteiger partial charge in [0, 0.05) is 0 Å². The van der Waals surface area contributed by atoms with E-state index in [4.69, 9.17) is 0 Å². The summed E-state index contributed by atoms with van der Waals surface area (Å²) in [4.78, 5) is 41.8. The maximum Gasteiger partial charge on any atom is -0.0261 e. The van der Waals surface area contributed by atoms with E-state index >= 15 is 0 Å². The zero-order valence-corrected chi connectivity index (χ0v) is 25.9. The van der Waals surface area contributed by atoms with E-state index in [-0.39, 0.29) is 15.8 Å². The van der Waals surface area contributed by atoms with Crippen LogP contribution < -0.4 is 0 Å². The average Bonchev–Trinajstić information content (AvgIpc) is 2.52. The molecule has 0 aromatic heterocycles. The number of ketones is 2. The molecule has 7 heteroatoms. The van der Waals surface area contributed by atoms with E-state index in [1.54, 1.807) is 0 Å². The third-order valence-electron chi connectivity index (χ3n) is 4.27. The van der Waals surface area contributed by atoms with Crippen molar-refractivity contribution in [2.45, 2.75) is 131 Å². The zero-order chi connectivity index (χ0) is 25.6. The average molecular weight is 564 g/mol. The molecule has 31 heavy (non-hydrogen) atoms. The van der Waals surface area contributed by atoms with Crippen LogP contribution in [0.4, 0.5) is 0 Å². The van der Waals surface area contributed by atoms with Crippen molar-refractivity contribution in [3.8, 4) is 0 Å². The molecule has 0 aromatic rings. The van der Waals surface area contributed by atoms with Crippen molar-refractivity contribution < 1.29 is 36.3 Å². The van der Waals surface area contributed by atoms with Gasteiger partial charge >= 0.3 is 70.5 Å². The van der Waals surface area contributed by atoms with Crippen molar-refractivity contribution in [1.82, 2.24) is 0 Å². The molecule has 0 saturated carbocycles. The van der Waals surface area contributed by atoms with E-state index in [2.05, 4.69) is 83.1 Å². The first-order valence-electron chi connectivity index (χ1n) is 11.1. The van der Waals surface area contributed by atoms with E-state index in [0.29, 0.717) is 0 Å². The summed E-state index contributed by atoms with van der Waals surface area (Å²) in [6, 6.07) is 0. The number of rotatable bonds is 10. The van der Waals surface area contributed by atoms with Crippen LogP contribution >= 0.6 is 15.8 Å². The molecule has 4 nitrogen and oxygen atoms in total. The van der Waals surface area contributed by atoms with Gasteiger partial charge in [0.2, 0.25) is 0 Å². The van der Waals surface area contributed by atoms with Crippen LogP contribution in [0.1, 0.15) is 96.9 Å². The van der Waals surface area contributed by atoms with Crippen molar-refractivity contribution in [3.63, 3.8) is 0 Å². The smallest absolute Gasteiger partial charge is 0.0261 e. The standard InChI is InChI=1S/2C9H21P.2C3H3O2.Ru/c2*1-7(2)10(8(3)4)9(5)6;2*1-3(5)2-4;/h2*7-9H,1-6H3;2*1H3;. The Morgan fingerprint density at radius 1 is 0.452 bits per heavy atom. The predicted octanol–water partition coefficient (Wildman–Crippen LogP) is 6.69. The van der Waals surface area contributed by atoms with Gasteiger partial charge in [-0.05, 0) is 34.0 Å². The molecule has 0 aliphatic carbocycles. The van der Waals surface area contributed by atoms with Crippen molar-refractivity contribution in [2.75, 3.05) is 0 Å². The molecule has 186 valence electrons. The van der Waals surface area contributed by atoms with Gasteiger partial charge in [-0.1, -0.05) is 98.9 Å². The van der Waals surface area contributed by atoms with Gasteiger partial charge in [0.05, 0.1) is 0 Å². The van der Waals surface area contributed by atoms with Gasteiger partial charge in [-0.3, -0.25) is 0 Å². The quantitative estimate of drug-likeness (QED) is 0.169. The minimum atomic E-state index is -1.38. The minimum absolute atomic E-state index is 0.262. The van der Waals surface area contributed by atoms with Crippen LogP contribution in [-0.4, -0.2) is 54.3 Å². The number of carbonyl (C=O) groups is 4. The van der Waals surface area contributed by atoms with Crippen LogP contribution in [0.2, 0.25) is 0 Å². The third-order valence-corrected chi connectivity index (χ3v) is 13.4. The first kappa shape index (κ1) is 35.7. The predicted molar refractivity (Wildman–Crippen MR) is 136 cm³/mol. The number of hydrogen-bond donors (Lipinski definition) is 0. The molecule has 0 unspecified atom stereocenters. The van der Waals surface area contributed by atoms with E-state index < -0.39 is 37.4 Å². The molecular weight excluding hydrogens is 515 g/mol.